The van der Waals surface area contributed by atoms with Crippen molar-refractivity contribution in [1.29, 1.82) is 0 Å². The van der Waals surface area contributed by atoms with Crippen LogP contribution in [-0.2, 0) is 0 Å². The van der Waals surface area contributed by atoms with Crippen LogP contribution in [0.1, 0.15) is 30.9 Å². The molecule has 2 aromatic carbocycles. The van der Waals surface area contributed by atoms with E-state index in [1.165, 1.54) is 5.56 Å². The van der Waals surface area contributed by atoms with Gasteiger partial charge in [-0.2, -0.15) is 0 Å². The SMILES string of the molecule is C[C@@]12Oc3ccccc3[C@@H](c3ccccc3)[C@]1(C)C2(Cl)Cl. The Morgan fingerprint density at radius 3 is 2.24 bits per heavy atom. The molecule has 1 saturated carbocycles. The van der Waals surface area contributed by atoms with Gasteiger partial charge in [0.2, 0.25) is 0 Å². The average Bonchev–Trinajstić information content (AvgIpc) is 2.83. The predicted molar refractivity (Wildman–Crippen MR) is 86.3 cm³/mol. The molecule has 2 aliphatic rings. The fraction of sp³-hybridized carbons (Fsp3) is 0.333. The van der Waals surface area contributed by atoms with Crippen LogP contribution in [0.3, 0.4) is 0 Å². The molecule has 1 fully saturated rings. The fourth-order valence-corrected chi connectivity index (χ4v) is 4.88. The van der Waals surface area contributed by atoms with E-state index < -0.39 is 9.93 Å². The lowest BCUT2D eigenvalue weighted by molar-refractivity contribution is 0.121. The van der Waals surface area contributed by atoms with E-state index in [1.54, 1.807) is 0 Å². The number of rotatable bonds is 1. The number of fused-ring (bicyclic) bond motifs is 2. The molecule has 4 rings (SSSR count). The Morgan fingerprint density at radius 1 is 0.905 bits per heavy atom. The lowest BCUT2D eigenvalue weighted by Crippen LogP contribution is -2.32. The highest BCUT2D eigenvalue weighted by molar-refractivity contribution is 6.53. The summed E-state index contributed by atoms with van der Waals surface area (Å²) in [5.74, 6) is 1.01. The first-order valence-corrected chi connectivity index (χ1v) is 7.90. The highest BCUT2D eigenvalue weighted by Gasteiger charge is 2.88. The van der Waals surface area contributed by atoms with Gasteiger partial charge in [-0.05, 0) is 18.6 Å². The first-order valence-electron chi connectivity index (χ1n) is 7.14. The molecule has 108 valence electrons. The largest absolute Gasteiger partial charge is 0.483 e. The Hall–Kier alpha value is -1.18. The number of hydrogen-bond acceptors (Lipinski definition) is 1. The van der Waals surface area contributed by atoms with E-state index in [0.717, 1.165) is 11.3 Å². The van der Waals surface area contributed by atoms with E-state index in [9.17, 15) is 0 Å². The molecule has 0 bridgehead atoms. The van der Waals surface area contributed by atoms with Gasteiger partial charge in [-0.15, -0.1) is 0 Å². The Bertz CT molecular complexity index is 712. The molecular formula is C18H16Cl2O. The molecule has 1 aliphatic heterocycles. The molecule has 0 radical (unpaired) electrons. The standard InChI is InChI=1S/C18H16Cl2O/c1-16-15(12-8-4-3-5-9-12)13-10-6-7-11-14(13)21-17(16,2)18(16,19)20/h3-11,15H,1-2H3/t15-,16+,17-/m1/s1. The summed E-state index contributed by atoms with van der Waals surface area (Å²) in [5, 5.41) is 0. The summed E-state index contributed by atoms with van der Waals surface area (Å²) in [6.45, 7) is 4.14. The molecular weight excluding hydrogens is 303 g/mol. The van der Waals surface area contributed by atoms with Crippen molar-refractivity contribution >= 4 is 23.2 Å². The van der Waals surface area contributed by atoms with Crippen LogP contribution in [0.4, 0.5) is 0 Å². The molecule has 0 aromatic heterocycles. The lowest BCUT2D eigenvalue weighted by Gasteiger charge is -2.35. The van der Waals surface area contributed by atoms with E-state index in [0.29, 0.717) is 0 Å². The number of para-hydroxylation sites is 1. The van der Waals surface area contributed by atoms with Crippen LogP contribution in [-0.4, -0.2) is 9.93 Å². The molecule has 0 saturated heterocycles. The van der Waals surface area contributed by atoms with Crippen LogP contribution in [0.5, 0.6) is 5.75 Å². The second kappa shape index (κ2) is 3.97. The molecule has 21 heavy (non-hydrogen) atoms. The molecule has 1 heterocycles. The number of halogens is 2. The van der Waals surface area contributed by atoms with Gasteiger partial charge in [0.25, 0.3) is 0 Å². The first kappa shape index (κ1) is 13.5. The van der Waals surface area contributed by atoms with Crippen LogP contribution in [0, 0.1) is 5.41 Å². The molecule has 0 amide bonds. The summed E-state index contributed by atoms with van der Waals surface area (Å²) >= 11 is 13.3. The first-order chi connectivity index (χ1) is 9.93. The van der Waals surface area contributed by atoms with Gasteiger partial charge in [0, 0.05) is 11.5 Å². The van der Waals surface area contributed by atoms with Crippen molar-refractivity contribution in [3.63, 3.8) is 0 Å². The van der Waals surface area contributed by atoms with Crippen LogP contribution < -0.4 is 4.74 Å². The molecule has 2 aromatic rings. The zero-order valence-electron chi connectivity index (χ0n) is 11.9. The van der Waals surface area contributed by atoms with Gasteiger partial charge in [-0.1, -0.05) is 78.7 Å². The van der Waals surface area contributed by atoms with E-state index in [1.807, 2.05) is 31.2 Å². The van der Waals surface area contributed by atoms with E-state index >= 15 is 0 Å². The zero-order chi connectivity index (χ0) is 14.9. The molecule has 0 N–H and O–H groups in total. The van der Waals surface area contributed by atoms with E-state index in [-0.39, 0.29) is 11.3 Å². The van der Waals surface area contributed by atoms with Gasteiger partial charge >= 0.3 is 0 Å². The summed E-state index contributed by atoms with van der Waals surface area (Å²) in [7, 11) is 0. The van der Waals surface area contributed by atoms with Crippen molar-refractivity contribution in [3.05, 3.63) is 65.7 Å². The van der Waals surface area contributed by atoms with Crippen molar-refractivity contribution in [2.45, 2.75) is 29.7 Å². The monoisotopic (exact) mass is 318 g/mol. The summed E-state index contributed by atoms with van der Waals surface area (Å²) in [6.07, 6.45) is 0. The Kier molecular flexibility index (Phi) is 2.55. The van der Waals surface area contributed by atoms with Gasteiger partial charge in [0.05, 0.1) is 5.41 Å². The fourth-order valence-electron chi connectivity index (χ4n) is 3.92. The highest BCUT2D eigenvalue weighted by Crippen LogP contribution is 2.81. The maximum absolute atomic E-state index is 6.67. The summed E-state index contributed by atoms with van der Waals surface area (Å²) < 4.78 is 5.30. The highest BCUT2D eigenvalue weighted by atomic mass is 35.5. The third kappa shape index (κ3) is 1.39. The Labute approximate surface area is 134 Å². The van der Waals surface area contributed by atoms with Gasteiger partial charge in [0.15, 0.2) is 4.33 Å². The van der Waals surface area contributed by atoms with Crippen molar-refractivity contribution in [3.8, 4) is 5.75 Å². The Balaban J connectivity index is 1.98. The minimum Gasteiger partial charge on any atom is -0.483 e. The third-order valence-electron chi connectivity index (χ3n) is 5.43. The van der Waals surface area contributed by atoms with Crippen molar-refractivity contribution in [2.24, 2.45) is 5.41 Å². The normalized spacial score (nSPS) is 35.3. The van der Waals surface area contributed by atoms with Crippen LogP contribution in [0.15, 0.2) is 54.6 Å². The minimum absolute atomic E-state index is 0.128. The molecule has 3 atom stereocenters. The molecule has 3 heteroatoms. The topological polar surface area (TPSA) is 9.23 Å². The van der Waals surface area contributed by atoms with E-state index in [2.05, 4.69) is 37.3 Å². The minimum atomic E-state index is -0.903. The quantitative estimate of drug-likeness (QED) is 0.659. The van der Waals surface area contributed by atoms with E-state index in [4.69, 9.17) is 27.9 Å². The number of ether oxygens (including phenoxy) is 1. The molecule has 1 aliphatic carbocycles. The summed E-state index contributed by atoms with van der Waals surface area (Å²) in [6, 6.07) is 18.6. The number of hydrogen-bond donors (Lipinski definition) is 0. The molecule has 0 unspecified atom stereocenters. The maximum atomic E-state index is 6.67. The van der Waals surface area contributed by atoms with Gasteiger partial charge in [-0.3, -0.25) is 0 Å². The molecule has 0 spiro atoms. The van der Waals surface area contributed by atoms with Crippen LogP contribution in [0.2, 0.25) is 0 Å². The number of alkyl halides is 2. The maximum Gasteiger partial charge on any atom is 0.168 e. The third-order valence-corrected chi connectivity index (χ3v) is 6.94. The summed E-state index contributed by atoms with van der Waals surface area (Å²) in [5.41, 5.74) is 1.47. The van der Waals surface area contributed by atoms with Crippen molar-refractivity contribution in [2.75, 3.05) is 0 Å². The summed E-state index contributed by atoms with van der Waals surface area (Å²) in [4.78, 5) is 0. The van der Waals surface area contributed by atoms with Gasteiger partial charge < -0.3 is 4.74 Å². The smallest absolute Gasteiger partial charge is 0.168 e. The van der Waals surface area contributed by atoms with Crippen molar-refractivity contribution < 1.29 is 4.74 Å². The zero-order valence-corrected chi connectivity index (χ0v) is 13.4. The van der Waals surface area contributed by atoms with Gasteiger partial charge in [0.1, 0.15) is 11.4 Å². The number of benzene rings is 2. The lowest BCUT2D eigenvalue weighted by atomic mass is 9.75. The second-order valence-corrected chi connectivity index (χ2v) is 7.62. The van der Waals surface area contributed by atoms with Gasteiger partial charge in [-0.25, -0.2) is 0 Å². The average molecular weight is 319 g/mol. The second-order valence-electron chi connectivity index (χ2n) is 6.29. The van der Waals surface area contributed by atoms with Crippen molar-refractivity contribution in [1.82, 2.24) is 0 Å². The Morgan fingerprint density at radius 2 is 1.52 bits per heavy atom. The van der Waals surface area contributed by atoms with Crippen LogP contribution >= 0.6 is 23.2 Å². The van der Waals surface area contributed by atoms with Crippen LogP contribution in [0.25, 0.3) is 0 Å². The predicted octanol–water partition coefficient (Wildman–Crippen LogP) is 5.16. The molecule has 1 nitrogen and oxygen atoms in total.